The summed E-state index contributed by atoms with van der Waals surface area (Å²) in [4.78, 5) is 64.1. The van der Waals surface area contributed by atoms with Crippen LogP contribution in [0.5, 0.6) is 0 Å². The highest BCUT2D eigenvalue weighted by molar-refractivity contribution is 8.02. The molecule has 0 aromatic carbocycles. The summed E-state index contributed by atoms with van der Waals surface area (Å²) >= 11 is 5.01. The summed E-state index contributed by atoms with van der Waals surface area (Å²) in [6.07, 6.45) is 2.13. The molecule has 0 spiro atoms. The van der Waals surface area contributed by atoms with Crippen LogP contribution >= 0.6 is 46.2 Å². The van der Waals surface area contributed by atoms with Gasteiger partial charge in [0, 0.05) is 23.0 Å². The molecular weight excluding hydrogens is 646 g/mol. The number of thiazole rings is 2. The van der Waals surface area contributed by atoms with E-state index in [0.717, 1.165) is 20.9 Å². The van der Waals surface area contributed by atoms with E-state index in [1.165, 1.54) is 47.2 Å². The molecule has 4 N–H and O–H groups in total. The lowest BCUT2D eigenvalue weighted by Gasteiger charge is -2.50. The van der Waals surface area contributed by atoms with Crippen molar-refractivity contribution in [2.24, 2.45) is 5.16 Å². The number of nitrogen functional groups attached to an aromatic ring is 1. The fraction of sp³-hybridized carbons (Fsp3) is 0.333. The Morgan fingerprint density at radius 2 is 2.21 bits per heavy atom. The molecule has 2 amide bonds. The maximum absolute atomic E-state index is 13.1. The van der Waals surface area contributed by atoms with Gasteiger partial charge in [-0.1, -0.05) is 16.9 Å². The fourth-order valence-electron chi connectivity index (χ4n) is 4.12. The third kappa shape index (κ3) is 6.43. The van der Waals surface area contributed by atoms with Crippen LogP contribution in [-0.4, -0.2) is 85.1 Å². The number of carbonyl (C=O) groups excluding carboxylic acids is 3. The van der Waals surface area contributed by atoms with Crippen molar-refractivity contribution >= 4 is 91.0 Å². The van der Waals surface area contributed by atoms with Crippen LogP contribution in [0.4, 0.5) is 9.52 Å². The number of halogens is 1. The van der Waals surface area contributed by atoms with Crippen molar-refractivity contribution in [2.45, 2.75) is 35.3 Å². The number of oxime groups is 1. The summed E-state index contributed by atoms with van der Waals surface area (Å²) in [7, 11) is 0. The number of nitrogens with one attached hydrogen (secondary N) is 1. The molecule has 43 heavy (non-hydrogen) atoms. The molecule has 5 rings (SSSR count). The number of fused-ring (bicyclic) bond motifs is 2. The second-order valence-electron chi connectivity index (χ2n) is 9.09. The minimum absolute atomic E-state index is 0.0132. The van der Waals surface area contributed by atoms with Crippen LogP contribution in [0.25, 0.3) is 10.2 Å². The zero-order valence-electron chi connectivity index (χ0n) is 22.1. The average Bonchev–Trinajstić information content (AvgIpc) is 3.59. The first-order valence-electron chi connectivity index (χ1n) is 12.4. The Morgan fingerprint density at radius 3 is 2.88 bits per heavy atom. The van der Waals surface area contributed by atoms with Crippen molar-refractivity contribution in [1.82, 2.24) is 20.2 Å². The van der Waals surface area contributed by atoms with Crippen LogP contribution < -0.4 is 20.7 Å². The number of β-lactam (4-membered cyclic amide) rings is 1. The molecule has 14 nitrogen and oxygen atoms in total. The number of hydrogen-bond donors (Lipinski definition) is 3. The summed E-state index contributed by atoms with van der Waals surface area (Å²) in [5.41, 5.74) is 6.18. The van der Waals surface area contributed by atoms with Crippen LogP contribution in [0.1, 0.15) is 12.6 Å². The van der Waals surface area contributed by atoms with E-state index < -0.39 is 53.7 Å². The summed E-state index contributed by atoms with van der Waals surface area (Å²) < 4.78 is 16.0. The Morgan fingerprint density at radius 1 is 1.42 bits per heavy atom. The highest BCUT2D eigenvalue weighted by Crippen LogP contribution is 2.42. The molecule has 3 aromatic heterocycles. The van der Waals surface area contributed by atoms with Gasteiger partial charge in [0.1, 0.15) is 29.3 Å². The van der Waals surface area contributed by atoms with E-state index in [0.29, 0.717) is 15.4 Å². The molecule has 1 saturated heterocycles. The summed E-state index contributed by atoms with van der Waals surface area (Å²) in [5.74, 6) is -3.90. The van der Waals surface area contributed by atoms with E-state index >= 15 is 0 Å². The topological polar surface area (TPSA) is 204 Å². The van der Waals surface area contributed by atoms with Crippen molar-refractivity contribution in [3.63, 3.8) is 0 Å². The minimum Gasteiger partial charge on any atom is -0.543 e. The largest absolute Gasteiger partial charge is 0.543 e. The van der Waals surface area contributed by atoms with E-state index in [1.807, 2.05) is 6.07 Å². The molecule has 3 aromatic rings. The van der Waals surface area contributed by atoms with Crippen molar-refractivity contribution < 1.29 is 43.2 Å². The first kappa shape index (κ1) is 30.6. The van der Waals surface area contributed by atoms with E-state index in [2.05, 4.69) is 20.4 Å². The lowest BCUT2D eigenvalue weighted by molar-refractivity contribution is -0.695. The molecule has 5 heterocycles. The van der Waals surface area contributed by atoms with Gasteiger partial charge in [-0.2, -0.15) is 0 Å². The summed E-state index contributed by atoms with van der Waals surface area (Å²) in [5, 5.41) is 28.2. The number of aliphatic carboxylic acids is 2. The molecule has 1 unspecified atom stereocenters. The first-order chi connectivity index (χ1) is 20.6. The Bertz CT molecular complexity index is 1680. The molecule has 0 radical (unpaired) electrons. The Labute approximate surface area is 258 Å². The molecule has 3 atom stereocenters. The third-order valence-corrected chi connectivity index (χ3v) is 10.5. The number of nitrogens with zero attached hydrogens (tertiary/aromatic N) is 5. The standard InChI is InChI=1S/C24H22FN7O7S4/c1-10(21(35)36)39-30-15(13-9-41-23(26)27-13)18(33)29-16-19(34)32-17(22(37)38)11(7-40-20(16)32)8-42-24-28-12-6-31(5-3-25)4-2-14(12)43-24/h2,4,6,9-10,16,20H,3,5,7-8H2,1H3,(H4-,26,27,29,33,35,36,37,38)/b30-15-/t10-,16?,20-/m0/s1. The Balaban J connectivity index is 1.30. The summed E-state index contributed by atoms with van der Waals surface area (Å²) in [6, 6.07) is 0.741. The first-order valence-corrected chi connectivity index (χ1v) is 16.2. The Kier molecular flexibility index (Phi) is 9.13. The van der Waals surface area contributed by atoms with Crippen molar-refractivity contribution in [3.8, 4) is 0 Å². The van der Waals surface area contributed by atoms with Crippen molar-refractivity contribution in [3.05, 3.63) is 40.8 Å². The molecule has 0 bridgehead atoms. The smallest absolute Gasteiger partial charge is 0.347 e. The van der Waals surface area contributed by atoms with E-state index in [4.69, 9.17) is 15.7 Å². The molecule has 0 aliphatic carbocycles. The van der Waals surface area contributed by atoms with Gasteiger partial charge in [0.05, 0.1) is 16.4 Å². The number of rotatable bonds is 12. The predicted molar refractivity (Wildman–Crippen MR) is 155 cm³/mol. The lowest BCUT2D eigenvalue weighted by atomic mass is 10.0. The molecule has 0 saturated carbocycles. The third-order valence-electron chi connectivity index (χ3n) is 6.24. The number of carbonyl (C=O) groups is 4. The van der Waals surface area contributed by atoms with Crippen LogP contribution in [0.3, 0.4) is 0 Å². The van der Waals surface area contributed by atoms with Gasteiger partial charge in [0.2, 0.25) is 6.10 Å². The highest BCUT2D eigenvalue weighted by Gasteiger charge is 2.53. The van der Waals surface area contributed by atoms with E-state index in [9.17, 15) is 28.7 Å². The van der Waals surface area contributed by atoms with Crippen molar-refractivity contribution in [2.75, 3.05) is 23.9 Å². The van der Waals surface area contributed by atoms with E-state index in [-0.39, 0.29) is 34.6 Å². The van der Waals surface area contributed by atoms with Gasteiger partial charge >= 0.3 is 5.97 Å². The lowest BCUT2D eigenvalue weighted by Crippen LogP contribution is -2.71. The molecule has 1 fully saturated rings. The van der Waals surface area contributed by atoms with Crippen LogP contribution in [0.2, 0.25) is 0 Å². The van der Waals surface area contributed by atoms with Gasteiger partial charge in [0.15, 0.2) is 34.1 Å². The Hall–Kier alpha value is -3.81. The number of carboxylic acids is 2. The monoisotopic (exact) mass is 667 g/mol. The van der Waals surface area contributed by atoms with Gasteiger partial charge in [-0.25, -0.2) is 23.7 Å². The van der Waals surface area contributed by atoms with Gasteiger partial charge in [-0.05, 0) is 12.5 Å². The van der Waals surface area contributed by atoms with Gasteiger partial charge < -0.3 is 30.9 Å². The average molecular weight is 668 g/mol. The second-order valence-corrected chi connectivity index (χ2v) is 13.3. The van der Waals surface area contributed by atoms with E-state index in [1.54, 1.807) is 17.0 Å². The molecule has 19 heteroatoms. The van der Waals surface area contributed by atoms with Crippen LogP contribution in [0, 0.1) is 0 Å². The fourth-order valence-corrected chi connectivity index (χ4v) is 8.18. The second kappa shape index (κ2) is 12.8. The number of aromatic nitrogens is 3. The number of thioether (sulfide) groups is 2. The number of aryl methyl sites for hydroxylation is 1. The number of amides is 2. The van der Waals surface area contributed by atoms with Crippen LogP contribution in [0.15, 0.2) is 44.6 Å². The maximum Gasteiger partial charge on any atom is 0.347 e. The number of hydrogen-bond acceptors (Lipinski definition) is 14. The highest BCUT2D eigenvalue weighted by atomic mass is 32.2. The summed E-state index contributed by atoms with van der Waals surface area (Å²) in [6.45, 7) is 0.927. The predicted octanol–water partition coefficient (Wildman–Crippen LogP) is -0.0180. The molecular formula is C24H22FN7O7S4. The normalized spacial score (nSPS) is 19.2. The van der Waals surface area contributed by atoms with Gasteiger partial charge in [0.25, 0.3) is 11.8 Å². The number of anilines is 1. The van der Waals surface area contributed by atoms with Gasteiger partial charge in [-0.15, -0.1) is 34.4 Å². The quantitative estimate of drug-likeness (QED) is 0.0767. The number of pyridine rings is 1. The SMILES string of the molecule is C[C@H](O/N=C(\C(=O)NC1C(=O)N2C(C(=O)[O-])=C(CSc3nc4c[n+](CCF)ccc4s3)CS[C@@H]12)c1csc(N)n1)C(=O)O. The molecule has 2 aliphatic rings. The number of carboxylic acid groups (broad SMARTS) is 2. The van der Waals surface area contributed by atoms with Crippen LogP contribution in [-0.2, 0) is 30.6 Å². The number of alkyl halides is 1. The zero-order valence-corrected chi connectivity index (χ0v) is 25.4. The number of nitrogens with two attached hydrogens (primary N) is 1. The maximum atomic E-state index is 13.1. The minimum atomic E-state index is -1.52. The van der Waals surface area contributed by atoms with Crippen molar-refractivity contribution in [1.29, 1.82) is 0 Å². The van der Waals surface area contributed by atoms with Gasteiger partial charge in [-0.3, -0.25) is 14.5 Å². The zero-order chi connectivity index (χ0) is 30.8. The molecule has 2 aliphatic heterocycles. The molecule has 226 valence electrons.